The van der Waals surface area contributed by atoms with Gasteiger partial charge in [-0.25, -0.2) is 0 Å². The number of amides is 1. The van der Waals surface area contributed by atoms with E-state index in [1.807, 2.05) is 12.1 Å². The van der Waals surface area contributed by atoms with Crippen LogP contribution < -0.4 is 0 Å². The number of carbonyl (C=O) groups is 1. The van der Waals surface area contributed by atoms with Crippen molar-refractivity contribution in [1.82, 2.24) is 9.88 Å². The van der Waals surface area contributed by atoms with Gasteiger partial charge in [-0.3, -0.25) is 9.78 Å². The van der Waals surface area contributed by atoms with Gasteiger partial charge in [0, 0.05) is 18.9 Å². The van der Waals surface area contributed by atoms with Gasteiger partial charge in [0.25, 0.3) is 0 Å². The molecule has 0 spiro atoms. The van der Waals surface area contributed by atoms with Crippen LogP contribution in [0.1, 0.15) is 44.6 Å². The van der Waals surface area contributed by atoms with E-state index in [-0.39, 0.29) is 29.6 Å². The molecule has 1 aromatic rings. The van der Waals surface area contributed by atoms with Crippen LogP contribution in [0.5, 0.6) is 0 Å². The Morgan fingerprint density at radius 3 is 2.96 bits per heavy atom. The quantitative estimate of drug-likeness (QED) is 0.778. The number of rotatable bonds is 4. The van der Waals surface area contributed by atoms with Crippen LogP contribution in [0.4, 0.5) is 0 Å². The van der Waals surface area contributed by atoms with E-state index in [2.05, 4.69) is 29.0 Å². The Labute approximate surface area is 155 Å². The molecule has 4 atom stereocenters. The molecule has 1 aromatic heterocycles. The van der Waals surface area contributed by atoms with Gasteiger partial charge in [0.1, 0.15) is 6.10 Å². The molecule has 2 bridgehead atoms. The van der Waals surface area contributed by atoms with Crippen molar-refractivity contribution in [3.05, 3.63) is 42.2 Å². The van der Waals surface area contributed by atoms with Gasteiger partial charge in [0.15, 0.2) is 0 Å². The Bertz CT molecular complexity index is 662. The maximum Gasteiger partial charge on any atom is 0.229 e. The van der Waals surface area contributed by atoms with Crippen molar-refractivity contribution >= 4 is 5.91 Å². The maximum absolute atomic E-state index is 13.4. The Morgan fingerprint density at radius 2 is 2.19 bits per heavy atom. The van der Waals surface area contributed by atoms with E-state index in [4.69, 9.17) is 9.47 Å². The van der Waals surface area contributed by atoms with Crippen molar-refractivity contribution in [1.29, 1.82) is 0 Å². The molecule has 26 heavy (non-hydrogen) atoms. The molecule has 0 radical (unpaired) electrons. The molecule has 140 valence electrons. The molecular formula is C21H28N2O3. The Kier molecular flexibility index (Phi) is 5.09. The summed E-state index contributed by atoms with van der Waals surface area (Å²) in [5.41, 5.74) is 0.818. The molecule has 1 saturated carbocycles. The van der Waals surface area contributed by atoms with Crippen molar-refractivity contribution in [2.24, 2.45) is 5.41 Å². The van der Waals surface area contributed by atoms with E-state index >= 15 is 0 Å². The number of pyridine rings is 1. The molecule has 0 unspecified atom stereocenters. The first kappa shape index (κ1) is 17.7. The zero-order chi connectivity index (χ0) is 18.0. The van der Waals surface area contributed by atoms with Crippen LogP contribution in [0, 0.1) is 5.41 Å². The summed E-state index contributed by atoms with van der Waals surface area (Å²) in [6, 6.07) is 4.06. The fourth-order valence-corrected chi connectivity index (χ4v) is 4.54. The summed E-state index contributed by atoms with van der Waals surface area (Å²) < 4.78 is 12.3. The number of fused-ring (bicyclic) bond motifs is 2. The van der Waals surface area contributed by atoms with E-state index in [0.29, 0.717) is 19.8 Å². The summed E-state index contributed by atoms with van der Waals surface area (Å²) in [6.45, 7) is 3.93. The summed E-state index contributed by atoms with van der Waals surface area (Å²) in [4.78, 5) is 19.5. The number of aromatic nitrogens is 1. The molecular weight excluding hydrogens is 328 g/mol. The van der Waals surface area contributed by atoms with Gasteiger partial charge >= 0.3 is 0 Å². The summed E-state index contributed by atoms with van der Waals surface area (Å²) in [6.07, 6.45) is 12.6. The van der Waals surface area contributed by atoms with E-state index in [9.17, 15) is 4.79 Å². The predicted octanol–water partition coefficient (Wildman–Crippen LogP) is 3.10. The number of ether oxygens (including phenoxy) is 2. The SMILES string of the molecule is C[C@]1(C(=O)N2CCO[C@H]3CC[C@H]2[C@@H]3OCc2ccncc2)CC=CCC1. The third-order valence-corrected chi connectivity index (χ3v) is 6.12. The molecule has 2 aliphatic carbocycles. The third-order valence-electron chi connectivity index (χ3n) is 6.12. The number of hydrogen-bond donors (Lipinski definition) is 0. The Balaban J connectivity index is 1.49. The normalized spacial score (nSPS) is 33.9. The van der Waals surface area contributed by atoms with E-state index < -0.39 is 0 Å². The zero-order valence-corrected chi connectivity index (χ0v) is 15.5. The van der Waals surface area contributed by atoms with Crippen LogP contribution in [0.15, 0.2) is 36.7 Å². The highest BCUT2D eigenvalue weighted by atomic mass is 16.5. The monoisotopic (exact) mass is 356 g/mol. The molecule has 1 saturated heterocycles. The molecule has 0 N–H and O–H groups in total. The first-order valence-corrected chi connectivity index (χ1v) is 9.75. The lowest BCUT2D eigenvalue weighted by Gasteiger charge is -2.39. The van der Waals surface area contributed by atoms with Gasteiger partial charge < -0.3 is 14.4 Å². The van der Waals surface area contributed by atoms with Gasteiger partial charge in [0.2, 0.25) is 5.91 Å². The maximum atomic E-state index is 13.4. The zero-order valence-electron chi connectivity index (χ0n) is 15.5. The lowest BCUT2D eigenvalue weighted by molar-refractivity contribution is -0.146. The predicted molar refractivity (Wildman–Crippen MR) is 98.4 cm³/mol. The largest absolute Gasteiger partial charge is 0.374 e. The van der Waals surface area contributed by atoms with Gasteiger partial charge in [-0.05, 0) is 49.8 Å². The van der Waals surface area contributed by atoms with Crippen LogP contribution in [0.2, 0.25) is 0 Å². The minimum Gasteiger partial charge on any atom is -0.374 e. The smallest absolute Gasteiger partial charge is 0.229 e. The molecule has 3 aliphatic rings. The van der Waals surface area contributed by atoms with Crippen LogP contribution in [-0.2, 0) is 20.9 Å². The molecule has 5 heteroatoms. The minimum absolute atomic E-state index is 0.0441. The van der Waals surface area contributed by atoms with E-state index in [1.165, 1.54) is 0 Å². The number of carbonyl (C=O) groups excluding carboxylic acids is 1. The highest BCUT2D eigenvalue weighted by Crippen LogP contribution is 2.39. The molecule has 0 aromatic carbocycles. The van der Waals surface area contributed by atoms with Crippen LogP contribution in [0.25, 0.3) is 0 Å². The molecule has 5 nitrogen and oxygen atoms in total. The first-order chi connectivity index (χ1) is 12.7. The molecule has 2 fully saturated rings. The lowest BCUT2D eigenvalue weighted by Crippen LogP contribution is -2.51. The number of allylic oxidation sites excluding steroid dienone is 2. The topological polar surface area (TPSA) is 51.7 Å². The van der Waals surface area contributed by atoms with Crippen molar-refractivity contribution < 1.29 is 14.3 Å². The Morgan fingerprint density at radius 1 is 1.35 bits per heavy atom. The van der Waals surface area contributed by atoms with Gasteiger partial charge in [0.05, 0.1) is 30.8 Å². The second-order valence-corrected chi connectivity index (χ2v) is 7.96. The summed E-state index contributed by atoms with van der Waals surface area (Å²) >= 11 is 0. The van der Waals surface area contributed by atoms with Crippen molar-refractivity contribution in [2.45, 2.75) is 63.9 Å². The first-order valence-electron chi connectivity index (χ1n) is 9.75. The third kappa shape index (κ3) is 3.42. The highest BCUT2D eigenvalue weighted by Gasteiger charge is 2.48. The van der Waals surface area contributed by atoms with Crippen LogP contribution in [0.3, 0.4) is 0 Å². The second-order valence-electron chi connectivity index (χ2n) is 7.96. The molecule has 1 aliphatic heterocycles. The van der Waals surface area contributed by atoms with Crippen molar-refractivity contribution in [2.75, 3.05) is 13.2 Å². The van der Waals surface area contributed by atoms with Gasteiger partial charge in [-0.2, -0.15) is 0 Å². The lowest BCUT2D eigenvalue weighted by atomic mass is 9.77. The van der Waals surface area contributed by atoms with Crippen molar-refractivity contribution in [3.8, 4) is 0 Å². The number of nitrogens with zero attached hydrogens (tertiary/aromatic N) is 2. The summed E-state index contributed by atoms with van der Waals surface area (Å²) in [5.74, 6) is 0.274. The Hall–Kier alpha value is -1.72. The second kappa shape index (κ2) is 7.49. The van der Waals surface area contributed by atoms with E-state index in [1.54, 1.807) is 12.4 Å². The molecule has 4 rings (SSSR count). The molecule has 1 amide bonds. The minimum atomic E-state index is -0.285. The fraction of sp³-hybridized carbons (Fsp3) is 0.619. The average molecular weight is 356 g/mol. The average Bonchev–Trinajstić information content (AvgIpc) is 2.96. The van der Waals surface area contributed by atoms with E-state index in [0.717, 1.165) is 37.7 Å². The summed E-state index contributed by atoms with van der Waals surface area (Å²) in [5, 5.41) is 0. The molecule has 2 heterocycles. The fourth-order valence-electron chi connectivity index (χ4n) is 4.54. The van der Waals surface area contributed by atoms with Crippen molar-refractivity contribution in [3.63, 3.8) is 0 Å². The standard InChI is InChI=1S/C21H28N2O3/c1-21(9-3-2-4-10-21)20(24)23-13-14-25-18-6-5-17(23)19(18)26-15-16-7-11-22-12-8-16/h2-3,7-8,11-12,17-19H,4-6,9-10,13-15H2,1H3/t17-,18-,19-,21-/m0/s1. The van der Waals surface area contributed by atoms with Gasteiger partial charge in [-0.15, -0.1) is 0 Å². The van der Waals surface area contributed by atoms with Crippen LogP contribution in [-0.4, -0.2) is 47.2 Å². The highest BCUT2D eigenvalue weighted by molar-refractivity contribution is 5.83. The number of hydrogen-bond acceptors (Lipinski definition) is 4. The van der Waals surface area contributed by atoms with Gasteiger partial charge in [-0.1, -0.05) is 19.1 Å². The van der Waals surface area contributed by atoms with Crippen LogP contribution >= 0.6 is 0 Å². The summed E-state index contributed by atoms with van der Waals surface area (Å²) in [7, 11) is 0.